The molecule has 0 bridgehead atoms. The largest absolute Gasteiger partial charge is 0.330 e. The molecule has 0 amide bonds. The third kappa shape index (κ3) is 3.08. The maximum absolute atomic E-state index is 12.9. The molecular formula is C14H21BrN2O2S. The van der Waals surface area contributed by atoms with E-state index in [-0.39, 0.29) is 12.0 Å². The molecule has 1 aromatic rings. The summed E-state index contributed by atoms with van der Waals surface area (Å²) in [5.74, 6) is 0.258. The number of sulfonamides is 1. The van der Waals surface area contributed by atoms with Gasteiger partial charge in [-0.2, -0.15) is 4.31 Å². The van der Waals surface area contributed by atoms with E-state index in [1.54, 1.807) is 10.4 Å². The first-order valence-corrected chi connectivity index (χ1v) is 9.07. The summed E-state index contributed by atoms with van der Waals surface area (Å²) < 4.78 is 28.2. The minimum absolute atomic E-state index is 0.0289. The first-order valence-electron chi connectivity index (χ1n) is 6.84. The van der Waals surface area contributed by atoms with Gasteiger partial charge in [-0.25, -0.2) is 8.42 Å². The van der Waals surface area contributed by atoms with Gasteiger partial charge in [0, 0.05) is 17.1 Å². The van der Waals surface area contributed by atoms with Crippen molar-refractivity contribution in [3.05, 3.63) is 28.2 Å². The lowest BCUT2D eigenvalue weighted by molar-refractivity contribution is 0.211. The summed E-state index contributed by atoms with van der Waals surface area (Å²) in [6.45, 7) is 4.86. The molecule has 1 heterocycles. The molecule has 112 valence electrons. The van der Waals surface area contributed by atoms with Crippen LogP contribution < -0.4 is 5.73 Å². The van der Waals surface area contributed by atoms with Crippen LogP contribution in [0.15, 0.2) is 27.6 Å². The molecule has 0 radical (unpaired) electrons. The van der Waals surface area contributed by atoms with Gasteiger partial charge in [-0.3, -0.25) is 0 Å². The van der Waals surface area contributed by atoms with Crippen LogP contribution in [0.25, 0.3) is 0 Å². The van der Waals surface area contributed by atoms with Gasteiger partial charge in [0.05, 0.1) is 4.90 Å². The highest BCUT2D eigenvalue weighted by molar-refractivity contribution is 9.10. The van der Waals surface area contributed by atoms with Crippen LogP contribution in [0.3, 0.4) is 0 Å². The topological polar surface area (TPSA) is 63.4 Å². The molecule has 6 heteroatoms. The van der Waals surface area contributed by atoms with Crippen LogP contribution in [-0.2, 0) is 10.0 Å². The molecule has 2 unspecified atom stereocenters. The number of aryl methyl sites for hydroxylation is 1. The Morgan fingerprint density at radius 3 is 2.75 bits per heavy atom. The van der Waals surface area contributed by atoms with Crippen molar-refractivity contribution in [1.29, 1.82) is 0 Å². The van der Waals surface area contributed by atoms with Crippen molar-refractivity contribution in [2.45, 2.75) is 37.6 Å². The second kappa shape index (κ2) is 6.13. The Bertz CT molecular complexity index is 589. The fraction of sp³-hybridized carbons (Fsp3) is 0.571. The van der Waals surface area contributed by atoms with Gasteiger partial charge in [0.15, 0.2) is 0 Å². The molecular weight excluding hydrogens is 340 g/mol. The molecule has 20 heavy (non-hydrogen) atoms. The van der Waals surface area contributed by atoms with Gasteiger partial charge in [-0.1, -0.05) is 22.0 Å². The fourth-order valence-electron chi connectivity index (χ4n) is 2.65. The molecule has 2 atom stereocenters. The second-order valence-corrected chi connectivity index (χ2v) is 8.29. The average Bonchev–Trinajstić information content (AvgIpc) is 2.41. The van der Waals surface area contributed by atoms with E-state index in [1.807, 2.05) is 26.0 Å². The summed E-state index contributed by atoms with van der Waals surface area (Å²) in [6.07, 6.45) is 1.87. The van der Waals surface area contributed by atoms with E-state index in [0.29, 0.717) is 18.0 Å². The lowest BCUT2D eigenvalue weighted by atomic mass is 9.96. The zero-order valence-corrected chi connectivity index (χ0v) is 14.2. The number of nitrogens with two attached hydrogens (primary N) is 1. The van der Waals surface area contributed by atoms with E-state index in [4.69, 9.17) is 5.73 Å². The van der Waals surface area contributed by atoms with Crippen LogP contribution in [0, 0.1) is 12.8 Å². The first-order chi connectivity index (χ1) is 9.36. The minimum Gasteiger partial charge on any atom is -0.330 e. The van der Waals surface area contributed by atoms with Gasteiger partial charge in [0.1, 0.15) is 0 Å². The lowest BCUT2D eigenvalue weighted by Gasteiger charge is -2.36. The molecule has 0 aliphatic carbocycles. The zero-order chi connectivity index (χ0) is 14.9. The predicted molar refractivity (Wildman–Crippen MR) is 84.0 cm³/mol. The van der Waals surface area contributed by atoms with Crippen LogP contribution in [-0.4, -0.2) is 31.9 Å². The summed E-state index contributed by atoms with van der Waals surface area (Å²) >= 11 is 3.35. The predicted octanol–water partition coefficient (Wildman–Crippen LogP) is 2.51. The number of halogens is 1. The Kier molecular flexibility index (Phi) is 4.89. The quantitative estimate of drug-likeness (QED) is 0.900. The highest BCUT2D eigenvalue weighted by Gasteiger charge is 2.35. The van der Waals surface area contributed by atoms with E-state index in [2.05, 4.69) is 15.9 Å². The molecule has 1 aliphatic rings. The Morgan fingerprint density at radius 1 is 1.40 bits per heavy atom. The summed E-state index contributed by atoms with van der Waals surface area (Å²) in [5, 5.41) is 0. The van der Waals surface area contributed by atoms with Crippen LogP contribution in [0.2, 0.25) is 0 Å². The summed E-state index contributed by atoms with van der Waals surface area (Å²) in [6, 6.07) is 5.40. The number of piperidine rings is 1. The maximum Gasteiger partial charge on any atom is 0.243 e. The van der Waals surface area contributed by atoms with Crippen LogP contribution in [0.4, 0.5) is 0 Å². The van der Waals surface area contributed by atoms with E-state index < -0.39 is 10.0 Å². The zero-order valence-electron chi connectivity index (χ0n) is 11.8. The monoisotopic (exact) mass is 360 g/mol. The fourth-order valence-corrected chi connectivity index (χ4v) is 5.15. The Hall–Kier alpha value is -0.430. The van der Waals surface area contributed by atoms with Gasteiger partial charge in [0.25, 0.3) is 0 Å². The van der Waals surface area contributed by atoms with E-state index >= 15 is 0 Å². The van der Waals surface area contributed by atoms with E-state index in [9.17, 15) is 8.42 Å². The summed E-state index contributed by atoms with van der Waals surface area (Å²) in [7, 11) is -3.46. The molecule has 0 saturated carbocycles. The van der Waals surface area contributed by atoms with Crippen molar-refractivity contribution in [3.63, 3.8) is 0 Å². The number of hydrogen-bond donors (Lipinski definition) is 1. The Balaban J connectivity index is 2.40. The van der Waals surface area contributed by atoms with Gasteiger partial charge in [0.2, 0.25) is 10.0 Å². The van der Waals surface area contributed by atoms with Crippen molar-refractivity contribution >= 4 is 26.0 Å². The number of benzene rings is 1. The summed E-state index contributed by atoms with van der Waals surface area (Å²) in [5.41, 5.74) is 6.49. The van der Waals surface area contributed by atoms with Gasteiger partial charge in [-0.15, -0.1) is 0 Å². The van der Waals surface area contributed by atoms with E-state index in [1.165, 1.54) is 0 Å². The lowest BCUT2D eigenvalue weighted by Crippen LogP contribution is -2.47. The maximum atomic E-state index is 12.9. The third-order valence-electron chi connectivity index (χ3n) is 3.99. The third-order valence-corrected chi connectivity index (χ3v) is 6.61. The molecule has 0 spiro atoms. The second-order valence-electron chi connectivity index (χ2n) is 5.51. The molecule has 1 fully saturated rings. The van der Waals surface area contributed by atoms with Crippen molar-refractivity contribution in [1.82, 2.24) is 4.31 Å². The minimum atomic E-state index is -3.46. The van der Waals surface area contributed by atoms with Crippen molar-refractivity contribution in [2.75, 3.05) is 13.1 Å². The van der Waals surface area contributed by atoms with Crippen LogP contribution in [0.1, 0.15) is 25.3 Å². The first kappa shape index (κ1) is 15.9. The van der Waals surface area contributed by atoms with Crippen LogP contribution >= 0.6 is 15.9 Å². The smallest absolute Gasteiger partial charge is 0.243 e. The molecule has 0 aromatic heterocycles. The number of nitrogens with zero attached hydrogens (tertiary/aromatic N) is 1. The molecule has 2 N–H and O–H groups in total. The Morgan fingerprint density at radius 2 is 2.10 bits per heavy atom. The Labute approximate surface area is 129 Å². The van der Waals surface area contributed by atoms with Gasteiger partial charge in [-0.05, 0) is 56.8 Å². The average molecular weight is 361 g/mol. The molecule has 4 nitrogen and oxygen atoms in total. The number of hydrogen-bond acceptors (Lipinski definition) is 3. The normalized spacial score (nSPS) is 24.8. The van der Waals surface area contributed by atoms with Gasteiger partial charge >= 0.3 is 0 Å². The van der Waals surface area contributed by atoms with Crippen molar-refractivity contribution in [3.8, 4) is 0 Å². The van der Waals surface area contributed by atoms with E-state index in [0.717, 1.165) is 22.9 Å². The van der Waals surface area contributed by atoms with Crippen LogP contribution in [0.5, 0.6) is 0 Å². The molecule has 1 saturated heterocycles. The highest BCUT2D eigenvalue weighted by atomic mass is 79.9. The van der Waals surface area contributed by atoms with Crippen molar-refractivity contribution < 1.29 is 8.42 Å². The highest BCUT2D eigenvalue weighted by Crippen LogP contribution is 2.30. The SMILES string of the molecule is Cc1ccc(Br)cc1S(=O)(=O)N1CC(CN)CCC1C. The molecule has 1 aromatic carbocycles. The molecule has 2 rings (SSSR count). The van der Waals surface area contributed by atoms with Gasteiger partial charge < -0.3 is 5.73 Å². The number of rotatable bonds is 3. The molecule has 1 aliphatic heterocycles. The summed E-state index contributed by atoms with van der Waals surface area (Å²) in [4.78, 5) is 0.386. The standard InChI is InChI=1S/C14H21BrN2O2S/c1-10-3-6-13(15)7-14(10)20(18,19)17-9-12(8-16)5-4-11(17)2/h3,6-7,11-12H,4-5,8-9,16H2,1-2H3. The van der Waals surface area contributed by atoms with Crippen molar-refractivity contribution in [2.24, 2.45) is 11.7 Å².